The second-order valence-electron chi connectivity index (χ2n) is 4.96. The third-order valence-electron chi connectivity index (χ3n) is 3.22. The lowest BCUT2D eigenvalue weighted by atomic mass is 10.2. The van der Waals surface area contributed by atoms with Crippen molar-refractivity contribution in [1.29, 1.82) is 0 Å². The summed E-state index contributed by atoms with van der Waals surface area (Å²) in [4.78, 5) is 19.9. The fraction of sp³-hybridized carbons (Fsp3) is 0.200. The topological polar surface area (TPSA) is 84.2 Å². The van der Waals surface area contributed by atoms with Gasteiger partial charge in [-0.2, -0.15) is 10.1 Å². The summed E-state index contributed by atoms with van der Waals surface area (Å²) in [5.41, 5.74) is 1.75. The molecule has 0 bridgehead atoms. The van der Waals surface area contributed by atoms with Gasteiger partial charge in [0.25, 0.3) is 5.78 Å². The highest BCUT2D eigenvalue weighted by Crippen LogP contribution is 2.13. The zero-order valence-corrected chi connectivity index (χ0v) is 13.0. The van der Waals surface area contributed by atoms with Gasteiger partial charge in [-0.05, 0) is 42.7 Å². The minimum absolute atomic E-state index is 0.239. The number of urea groups is 1. The zero-order chi connectivity index (χ0) is 16.1. The number of nitrogens with one attached hydrogen (secondary N) is 2. The first-order chi connectivity index (χ1) is 11.2. The number of aryl methyl sites for hydroxylation is 1. The van der Waals surface area contributed by atoms with Gasteiger partial charge in [-0.3, -0.25) is 0 Å². The summed E-state index contributed by atoms with van der Waals surface area (Å²) < 4.78 is 1.63. The number of carbonyl (C=O) groups is 1. The molecule has 2 aromatic heterocycles. The fourth-order valence-corrected chi connectivity index (χ4v) is 2.22. The molecule has 118 valence electrons. The van der Waals surface area contributed by atoms with E-state index in [1.807, 2.05) is 6.20 Å². The summed E-state index contributed by atoms with van der Waals surface area (Å²) in [5, 5.41) is 10.2. The lowest BCUT2D eigenvalue weighted by Gasteiger charge is -2.07. The molecule has 3 rings (SSSR count). The van der Waals surface area contributed by atoms with Gasteiger partial charge in [0.05, 0.1) is 0 Å². The van der Waals surface area contributed by atoms with Crippen molar-refractivity contribution in [1.82, 2.24) is 24.9 Å². The molecule has 1 aromatic carbocycles. The Balaban J connectivity index is 1.42. The van der Waals surface area contributed by atoms with Gasteiger partial charge in [-0.25, -0.2) is 14.3 Å². The van der Waals surface area contributed by atoms with Gasteiger partial charge in [-0.1, -0.05) is 11.6 Å². The van der Waals surface area contributed by atoms with Crippen LogP contribution in [0.2, 0.25) is 5.02 Å². The quantitative estimate of drug-likeness (QED) is 0.704. The lowest BCUT2D eigenvalue weighted by Crippen LogP contribution is -2.29. The molecule has 2 heterocycles. The number of anilines is 1. The van der Waals surface area contributed by atoms with Crippen molar-refractivity contribution in [2.24, 2.45) is 0 Å². The molecule has 0 saturated carbocycles. The molecule has 0 saturated heterocycles. The SMILES string of the molecule is O=C(NCCCc1cnc2ncnn2c1)Nc1ccc(Cl)cc1. The van der Waals surface area contributed by atoms with Gasteiger partial charge in [0, 0.05) is 29.6 Å². The Morgan fingerprint density at radius 1 is 1.22 bits per heavy atom. The van der Waals surface area contributed by atoms with Crippen LogP contribution in [0.3, 0.4) is 0 Å². The van der Waals surface area contributed by atoms with Gasteiger partial charge >= 0.3 is 6.03 Å². The van der Waals surface area contributed by atoms with E-state index >= 15 is 0 Å². The number of rotatable bonds is 5. The van der Waals surface area contributed by atoms with Gasteiger partial charge in [0.1, 0.15) is 6.33 Å². The number of hydrogen-bond donors (Lipinski definition) is 2. The molecular weight excluding hydrogens is 316 g/mol. The molecule has 7 nitrogen and oxygen atoms in total. The van der Waals surface area contributed by atoms with Crippen molar-refractivity contribution in [3.8, 4) is 0 Å². The van der Waals surface area contributed by atoms with Gasteiger partial charge in [0.2, 0.25) is 0 Å². The Morgan fingerprint density at radius 3 is 2.87 bits per heavy atom. The molecular formula is C15H15ClN6O. The Bertz CT molecular complexity index is 801. The number of halogens is 1. The Morgan fingerprint density at radius 2 is 2.04 bits per heavy atom. The van der Waals surface area contributed by atoms with Crippen molar-refractivity contribution in [3.05, 3.63) is 53.6 Å². The third-order valence-corrected chi connectivity index (χ3v) is 3.47. The van der Waals surface area contributed by atoms with Crippen LogP contribution in [-0.4, -0.2) is 32.2 Å². The van der Waals surface area contributed by atoms with Crippen LogP contribution < -0.4 is 10.6 Å². The van der Waals surface area contributed by atoms with E-state index in [0.29, 0.717) is 23.0 Å². The third kappa shape index (κ3) is 4.17. The van der Waals surface area contributed by atoms with Crippen LogP contribution >= 0.6 is 11.6 Å². The predicted octanol–water partition coefficient (Wildman–Crippen LogP) is 2.53. The maximum Gasteiger partial charge on any atom is 0.319 e. The average molecular weight is 331 g/mol. The van der Waals surface area contributed by atoms with Crippen LogP contribution in [0.1, 0.15) is 12.0 Å². The molecule has 2 N–H and O–H groups in total. The fourth-order valence-electron chi connectivity index (χ4n) is 2.09. The molecule has 0 aliphatic carbocycles. The smallest absolute Gasteiger partial charge is 0.319 e. The molecule has 0 aliphatic rings. The normalized spacial score (nSPS) is 10.7. The van der Waals surface area contributed by atoms with E-state index in [1.165, 1.54) is 6.33 Å². The molecule has 3 aromatic rings. The molecule has 0 fully saturated rings. The number of aromatic nitrogens is 4. The summed E-state index contributed by atoms with van der Waals surface area (Å²) in [6.45, 7) is 0.564. The van der Waals surface area contributed by atoms with Crippen LogP contribution in [-0.2, 0) is 6.42 Å². The number of hydrogen-bond acceptors (Lipinski definition) is 4. The van der Waals surface area contributed by atoms with Gasteiger partial charge in [-0.15, -0.1) is 0 Å². The average Bonchev–Trinajstić information content (AvgIpc) is 3.01. The zero-order valence-electron chi connectivity index (χ0n) is 12.2. The van der Waals surface area contributed by atoms with E-state index in [9.17, 15) is 4.79 Å². The number of benzene rings is 1. The highest BCUT2D eigenvalue weighted by Gasteiger charge is 2.02. The first-order valence-corrected chi connectivity index (χ1v) is 7.53. The molecule has 0 aliphatic heterocycles. The molecule has 2 amide bonds. The first-order valence-electron chi connectivity index (χ1n) is 7.15. The van der Waals surface area contributed by atoms with E-state index in [1.54, 1.807) is 35.0 Å². The van der Waals surface area contributed by atoms with E-state index in [-0.39, 0.29) is 6.03 Å². The summed E-state index contributed by atoms with van der Waals surface area (Å²) in [6, 6.07) is 6.72. The Hall–Kier alpha value is -2.67. The van der Waals surface area contributed by atoms with Crippen LogP contribution in [0.25, 0.3) is 5.78 Å². The number of fused-ring (bicyclic) bond motifs is 1. The maximum absolute atomic E-state index is 11.8. The second kappa shape index (κ2) is 7.06. The Labute approximate surface area is 137 Å². The first kappa shape index (κ1) is 15.2. The monoisotopic (exact) mass is 330 g/mol. The highest BCUT2D eigenvalue weighted by molar-refractivity contribution is 6.30. The molecule has 23 heavy (non-hydrogen) atoms. The summed E-state index contributed by atoms with van der Waals surface area (Å²) in [5.74, 6) is 0.578. The molecule has 8 heteroatoms. The summed E-state index contributed by atoms with van der Waals surface area (Å²) in [6.07, 6.45) is 6.73. The van der Waals surface area contributed by atoms with Crippen molar-refractivity contribution in [3.63, 3.8) is 0 Å². The van der Waals surface area contributed by atoms with Crippen molar-refractivity contribution in [2.75, 3.05) is 11.9 Å². The van der Waals surface area contributed by atoms with Gasteiger partial charge < -0.3 is 10.6 Å². The number of carbonyl (C=O) groups excluding carboxylic acids is 1. The van der Waals surface area contributed by atoms with Crippen LogP contribution in [0, 0.1) is 0 Å². The predicted molar refractivity (Wildman–Crippen MR) is 87.6 cm³/mol. The van der Waals surface area contributed by atoms with Crippen molar-refractivity contribution >= 4 is 29.1 Å². The van der Waals surface area contributed by atoms with Crippen LogP contribution in [0.5, 0.6) is 0 Å². The van der Waals surface area contributed by atoms with Crippen molar-refractivity contribution in [2.45, 2.75) is 12.8 Å². The number of amides is 2. The van der Waals surface area contributed by atoms with E-state index in [0.717, 1.165) is 18.4 Å². The maximum atomic E-state index is 11.8. The number of nitrogens with zero attached hydrogens (tertiary/aromatic N) is 4. The molecule has 0 spiro atoms. The summed E-state index contributed by atoms with van der Waals surface area (Å²) >= 11 is 5.79. The van der Waals surface area contributed by atoms with E-state index in [4.69, 9.17) is 11.6 Å². The van der Waals surface area contributed by atoms with E-state index in [2.05, 4.69) is 25.7 Å². The van der Waals surface area contributed by atoms with Crippen molar-refractivity contribution < 1.29 is 4.79 Å². The van der Waals surface area contributed by atoms with Crippen LogP contribution in [0.15, 0.2) is 43.0 Å². The molecule has 0 radical (unpaired) electrons. The standard InChI is InChI=1S/C15H15ClN6O/c16-12-3-5-13(6-4-12)21-15(23)17-7-1-2-11-8-18-14-19-10-20-22(14)9-11/h3-6,8-10H,1-2,7H2,(H2,17,21,23). The largest absolute Gasteiger partial charge is 0.338 e. The molecule has 0 atom stereocenters. The molecule has 0 unspecified atom stereocenters. The highest BCUT2D eigenvalue weighted by atomic mass is 35.5. The second-order valence-corrected chi connectivity index (χ2v) is 5.39. The Kier molecular flexibility index (Phi) is 4.68. The minimum Gasteiger partial charge on any atom is -0.338 e. The van der Waals surface area contributed by atoms with Crippen LogP contribution in [0.4, 0.5) is 10.5 Å². The minimum atomic E-state index is -0.239. The van der Waals surface area contributed by atoms with E-state index < -0.39 is 0 Å². The summed E-state index contributed by atoms with van der Waals surface area (Å²) in [7, 11) is 0. The lowest BCUT2D eigenvalue weighted by molar-refractivity contribution is 0.252. The van der Waals surface area contributed by atoms with Gasteiger partial charge in [0.15, 0.2) is 0 Å².